The van der Waals surface area contributed by atoms with E-state index in [4.69, 9.17) is 0 Å². The number of benzene rings is 2. The monoisotopic (exact) mass is 366 g/mol. The van der Waals surface area contributed by atoms with Gasteiger partial charge in [-0.1, -0.05) is 18.2 Å². The Bertz CT molecular complexity index is 998. The van der Waals surface area contributed by atoms with Gasteiger partial charge in [0.05, 0.1) is 16.8 Å². The highest BCUT2D eigenvalue weighted by Gasteiger charge is 2.26. The van der Waals surface area contributed by atoms with Crippen molar-refractivity contribution in [2.24, 2.45) is 0 Å². The molecule has 128 valence electrons. The van der Waals surface area contributed by atoms with Crippen molar-refractivity contribution in [3.05, 3.63) is 53.6 Å². The first-order valence-corrected chi connectivity index (χ1v) is 10.7. The van der Waals surface area contributed by atoms with Crippen LogP contribution in [0.2, 0.25) is 0 Å². The average molecular weight is 366 g/mol. The molecule has 8 heteroatoms. The second-order valence-corrected chi connectivity index (χ2v) is 9.36. The zero-order valence-electron chi connectivity index (χ0n) is 13.4. The highest BCUT2D eigenvalue weighted by atomic mass is 32.2. The molecule has 0 aliphatic carbocycles. The molecule has 0 atom stereocenters. The van der Waals surface area contributed by atoms with E-state index in [0.29, 0.717) is 29.9 Å². The molecule has 1 N–H and O–H groups in total. The molecule has 1 aliphatic heterocycles. The molecule has 0 unspecified atom stereocenters. The lowest BCUT2D eigenvalue weighted by molar-refractivity contribution is 0.597. The van der Waals surface area contributed by atoms with Crippen molar-refractivity contribution in [1.82, 2.24) is 0 Å². The smallest absolute Gasteiger partial charge is 0.262 e. The lowest BCUT2D eigenvalue weighted by Gasteiger charge is -2.17. The van der Waals surface area contributed by atoms with Crippen LogP contribution in [0.15, 0.2) is 47.4 Å². The Morgan fingerprint density at radius 2 is 1.75 bits per heavy atom. The maximum atomic E-state index is 12.5. The van der Waals surface area contributed by atoms with Crippen LogP contribution in [0.1, 0.15) is 11.1 Å². The molecule has 0 saturated carbocycles. The van der Waals surface area contributed by atoms with Crippen LogP contribution in [-0.4, -0.2) is 29.6 Å². The van der Waals surface area contributed by atoms with E-state index in [2.05, 4.69) is 4.72 Å². The van der Waals surface area contributed by atoms with Crippen molar-refractivity contribution in [3.63, 3.8) is 0 Å². The summed E-state index contributed by atoms with van der Waals surface area (Å²) in [6.07, 6.45) is 1.72. The first-order valence-electron chi connectivity index (χ1n) is 7.37. The molecule has 1 aliphatic rings. The zero-order valence-corrected chi connectivity index (χ0v) is 15.0. The summed E-state index contributed by atoms with van der Waals surface area (Å²) in [6, 6.07) is 11.7. The first kappa shape index (κ1) is 16.8. The number of fused-ring (bicyclic) bond motifs is 1. The van der Waals surface area contributed by atoms with Crippen molar-refractivity contribution in [2.45, 2.75) is 18.2 Å². The van der Waals surface area contributed by atoms with Crippen molar-refractivity contribution in [1.29, 1.82) is 0 Å². The molecular formula is C16H18N2O4S2. The van der Waals surface area contributed by atoms with Gasteiger partial charge in [-0.3, -0.25) is 9.03 Å². The predicted octanol–water partition coefficient (Wildman–Crippen LogP) is 2.12. The van der Waals surface area contributed by atoms with Crippen LogP contribution in [0.3, 0.4) is 0 Å². The van der Waals surface area contributed by atoms with Crippen LogP contribution in [0.25, 0.3) is 0 Å². The predicted molar refractivity (Wildman–Crippen MR) is 94.3 cm³/mol. The Labute approximate surface area is 142 Å². The SMILES string of the molecule is Cc1ccccc1S(=O)(=O)Nc1ccc2c(c1)CCN2S(C)(=O)=O. The number of nitrogens with zero attached hydrogens (tertiary/aromatic N) is 1. The number of nitrogens with one attached hydrogen (secondary N) is 1. The minimum atomic E-state index is -3.69. The van der Waals surface area contributed by atoms with E-state index >= 15 is 0 Å². The van der Waals surface area contributed by atoms with E-state index in [1.807, 2.05) is 0 Å². The molecule has 2 aromatic rings. The molecule has 24 heavy (non-hydrogen) atoms. The van der Waals surface area contributed by atoms with Crippen molar-refractivity contribution >= 4 is 31.4 Å². The van der Waals surface area contributed by atoms with Crippen LogP contribution in [0, 0.1) is 6.92 Å². The minimum Gasteiger partial charge on any atom is -0.280 e. The summed E-state index contributed by atoms with van der Waals surface area (Å²) in [7, 11) is -7.00. The fourth-order valence-electron chi connectivity index (χ4n) is 2.85. The average Bonchev–Trinajstić information content (AvgIpc) is 2.90. The molecule has 0 spiro atoms. The Balaban J connectivity index is 1.92. The number of sulfonamides is 2. The van der Waals surface area contributed by atoms with Crippen LogP contribution in [-0.2, 0) is 26.5 Å². The van der Waals surface area contributed by atoms with Gasteiger partial charge in [-0.2, -0.15) is 0 Å². The standard InChI is InChI=1S/C16H18N2O4S2/c1-12-5-3-4-6-16(12)24(21,22)17-14-7-8-15-13(11-14)9-10-18(15)23(2,19)20/h3-8,11,17H,9-10H2,1-2H3. The van der Waals surface area contributed by atoms with Gasteiger partial charge in [-0.15, -0.1) is 0 Å². The molecule has 0 saturated heterocycles. The minimum absolute atomic E-state index is 0.225. The second kappa shape index (κ2) is 5.78. The van der Waals surface area contributed by atoms with E-state index in [1.54, 1.807) is 49.4 Å². The van der Waals surface area contributed by atoms with Crippen molar-refractivity contribution < 1.29 is 16.8 Å². The van der Waals surface area contributed by atoms with E-state index < -0.39 is 20.0 Å². The van der Waals surface area contributed by atoms with Crippen molar-refractivity contribution in [3.8, 4) is 0 Å². The van der Waals surface area contributed by atoms with Gasteiger partial charge < -0.3 is 0 Å². The van der Waals surface area contributed by atoms with Gasteiger partial charge in [-0.25, -0.2) is 16.8 Å². The van der Waals surface area contributed by atoms with Gasteiger partial charge in [-0.05, 0) is 48.7 Å². The van der Waals surface area contributed by atoms with Crippen LogP contribution < -0.4 is 9.03 Å². The highest BCUT2D eigenvalue weighted by Crippen LogP contribution is 2.32. The summed E-state index contributed by atoms with van der Waals surface area (Å²) in [5.41, 5.74) is 2.50. The van der Waals surface area contributed by atoms with Gasteiger partial charge in [0.15, 0.2) is 0 Å². The Kier molecular flexibility index (Phi) is 4.05. The van der Waals surface area contributed by atoms with Gasteiger partial charge in [0.1, 0.15) is 0 Å². The van der Waals surface area contributed by atoms with Crippen molar-refractivity contribution in [2.75, 3.05) is 21.8 Å². The third-order valence-corrected chi connectivity index (χ3v) is 6.69. The molecule has 3 rings (SSSR count). The molecule has 0 amide bonds. The molecule has 6 nitrogen and oxygen atoms in total. The quantitative estimate of drug-likeness (QED) is 0.898. The van der Waals surface area contributed by atoms with Crippen LogP contribution >= 0.6 is 0 Å². The van der Waals surface area contributed by atoms with Crippen LogP contribution in [0.4, 0.5) is 11.4 Å². The number of anilines is 2. The first-order chi connectivity index (χ1) is 11.2. The van der Waals surface area contributed by atoms with E-state index in [1.165, 1.54) is 4.31 Å². The molecule has 1 heterocycles. The van der Waals surface area contributed by atoms with E-state index in [-0.39, 0.29) is 4.90 Å². The Morgan fingerprint density at radius 1 is 1.04 bits per heavy atom. The molecule has 2 aromatic carbocycles. The van der Waals surface area contributed by atoms with Crippen LogP contribution in [0.5, 0.6) is 0 Å². The topological polar surface area (TPSA) is 83.6 Å². The molecule has 0 aromatic heterocycles. The maximum absolute atomic E-state index is 12.5. The van der Waals surface area contributed by atoms with Gasteiger partial charge in [0.2, 0.25) is 10.0 Å². The number of hydrogen-bond donors (Lipinski definition) is 1. The van der Waals surface area contributed by atoms with Gasteiger partial charge in [0, 0.05) is 12.2 Å². The summed E-state index contributed by atoms with van der Waals surface area (Å²) in [6.45, 7) is 2.11. The third kappa shape index (κ3) is 3.11. The zero-order chi connectivity index (χ0) is 17.5. The lowest BCUT2D eigenvalue weighted by Crippen LogP contribution is -2.27. The summed E-state index contributed by atoms with van der Waals surface area (Å²) in [5, 5.41) is 0. The van der Waals surface area contributed by atoms with E-state index in [9.17, 15) is 16.8 Å². The fraction of sp³-hybridized carbons (Fsp3) is 0.250. The number of hydrogen-bond acceptors (Lipinski definition) is 4. The third-order valence-electron chi connectivity index (χ3n) is 3.97. The summed E-state index contributed by atoms with van der Waals surface area (Å²) >= 11 is 0. The van der Waals surface area contributed by atoms with Gasteiger partial charge >= 0.3 is 0 Å². The summed E-state index contributed by atoms with van der Waals surface area (Å²) in [4.78, 5) is 0.225. The summed E-state index contributed by atoms with van der Waals surface area (Å²) < 4.78 is 52.4. The summed E-state index contributed by atoms with van der Waals surface area (Å²) in [5.74, 6) is 0. The Morgan fingerprint density at radius 3 is 2.42 bits per heavy atom. The Hall–Kier alpha value is -2.06. The van der Waals surface area contributed by atoms with Gasteiger partial charge in [0.25, 0.3) is 10.0 Å². The molecule has 0 radical (unpaired) electrons. The number of rotatable bonds is 4. The number of aryl methyl sites for hydroxylation is 1. The molecule has 0 fully saturated rings. The normalized spacial score (nSPS) is 14.5. The highest BCUT2D eigenvalue weighted by molar-refractivity contribution is 7.92. The molecule has 0 bridgehead atoms. The lowest BCUT2D eigenvalue weighted by atomic mass is 10.1. The second-order valence-electron chi connectivity index (χ2n) is 5.80. The molecular weight excluding hydrogens is 348 g/mol. The largest absolute Gasteiger partial charge is 0.280 e. The van der Waals surface area contributed by atoms with E-state index in [0.717, 1.165) is 11.8 Å². The maximum Gasteiger partial charge on any atom is 0.262 e. The fourth-order valence-corrected chi connectivity index (χ4v) is 5.10.